The lowest BCUT2D eigenvalue weighted by molar-refractivity contribution is -0.138. The van der Waals surface area contributed by atoms with E-state index in [0.29, 0.717) is 6.54 Å². The number of anilines is 1. The Labute approximate surface area is 135 Å². The molecule has 126 valence electrons. The van der Waals surface area contributed by atoms with Gasteiger partial charge in [-0.2, -0.15) is 5.10 Å². The van der Waals surface area contributed by atoms with Gasteiger partial charge < -0.3 is 10.2 Å². The van der Waals surface area contributed by atoms with Gasteiger partial charge in [0.15, 0.2) is 0 Å². The summed E-state index contributed by atoms with van der Waals surface area (Å²) in [6.07, 6.45) is 2.87. The number of amides is 1. The predicted molar refractivity (Wildman–Crippen MR) is 87.3 cm³/mol. The van der Waals surface area contributed by atoms with Crippen LogP contribution in [-0.2, 0) is 16.6 Å². The molecule has 0 radical (unpaired) electrons. The predicted octanol–water partition coefficient (Wildman–Crippen LogP) is 0.338. The third-order valence-electron chi connectivity index (χ3n) is 4.00. The van der Waals surface area contributed by atoms with Gasteiger partial charge in [0, 0.05) is 39.2 Å². The van der Waals surface area contributed by atoms with Crippen molar-refractivity contribution in [1.29, 1.82) is 0 Å². The molecule has 1 aliphatic rings. The van der Waals surface area contributed by atoms with Crippen LogP contribution >= 0.6 is 0 Å². The van der Waals surface area contributed by atoms with Crippen molar-refractivity contribution in [2.24, 2.45) is 18.9 Å². The van der Waals surface area contributed by atoms with E-state index in [-0.39, 0.29) is 29.6 Å². The third-order valence-corrected chi connectivity index (χ3v) is 4.00. The average molecular weight is 320 g/mol. The number of ketones is 1. The Hall–Kier alpha value is -2.18. The zero-order valence-corrected chi connectivity index (χ0v) is 13.9. The molecule has 0 bridgehead atoms. The molecule has 0 aliphatic carbocycles. The van der Waals surface area contributed by atoms with Crippen LogP contribution in [0.1, 0.15) is 26.7 Å². The van der Waals surface area contributed by atoms with E-state index < -0.39 is 5.91 Å². The van der Waals surface area contributed by atoms with Crippen molar-refractivity contribution in [3.8, 4) is 0 Å². The molecule has 1 N–H and O–H groups in total. The summed E-state index contributed by atoms with van der Waals surface area (Å²) < 4.78 is 1.29. The summed E-state index contributed by atoms with van der Waals surface area (Å²) in [7, 11) is 1.61. The highest BCUT2D eigenvalue weighted by atomic mass is 16.2. The van der Waals surface area contributed by atoms with E-state index in [1.807, 2.05) is 13.8 Å². The average Bonchev–Trinajstić information content (AvgIpc) is 2.95. The maximum Gasteiger partial charge on any atom is 0.287 e. The van der Waals surface area contributed by atoms with Gasteiger partial charge in [-0.1, -0.05) is 13.8 Å². The second-order valence-electron chi connectivity index (χ2n) is 6.51. The van der Waals surface area contributed by atoms with E-state index in [0.717, 1.165) is 25.2 Å². The minimum absolute atomic E-state index is 0.140. The molecular formula is C16H24N4O3. The minimum atomic E-state index is -0.493. The molecule has 1 aliphatic heterocycles. The maximum absolute atomic E-state index is 11.7. The fourth-order valence-corrected chi connectivity index (χ4v) is 2.67. The van der Waals surface area contributed by atoms with Gasteiger partial charge in [0.2, 0.25) is 5.78 Å². The summed E-state index contributed by atoms with van der Waals surface area (Å²) in [6, 6.07) is 1.57. The fourth-order valence-electron chi connectivity index (χ4n) is 2.67. The van der Waals surface area contributed by atoms with E-state index in [4.69, 9.17) is 0 Å². The summed E-state index contributed by atoms with van der Waals surface area (Å²) in [6.45, 7) is 5.87. The smallest absolute Gasteiger partial charge is 0.287 e. The Balaban J connectivity index is 1.83. The van der Waals surface area contributed by atoms with Gasteiger partial charge in [0.25, 0.3) is 11.5 Å². The van der Waals surface area contributed by atoms with E-state index in [2.05, 4.69) is 15.3 Å². The molecule has 2 rings (SSSR count). The minimum Gasteiger partial charge on any atom is -0.370 e. The summed E-state index contributed by atoms with van der Waals surface area (Å²) in [5.74, 6) is -0.392. The van der Waals surface area contributed by atoms with Gasteiger partial charge in [-0.15, -0.1) is 0 Å². The van der Waals surface area contributed by atoms with Crippen molar-refractivity contribution in [3.63, 3.8) is 0 Å². The van der Waals surface area contributed by atoms with Crippen LogP contribution in [0.4, 0.5) is 5.69 Å². The first-order valence-electron chi connectivity index (χ1n) is 7.96. The number of carbonyl (C=O) groups excluding carboxylic acids is 2. The lowest BCUT2D eigenvalue weighted by Gasteiger charge is -2.18. The van der Waals surface area contributed by atoms with Crippen molar-refractivity contribution in [2.45, 2.75) is 26.7 Å². The normalized spacial score (nSPS) is 17.6. The Morgan fingerprint density at radius 3 is 2.83 bits per heavy atom. The third kappa shape index (κ3) is 4.64. The first-order valence-corrected chi connectivity index (χ1v) is 7.96. The molecule has 1 amide bonds. The summed E-state index contributed by atoms with van der Waals surface area (Å²) in [4.78, 5) is 37.1. The van der Waals surface area contributed by atoms with Gasteiger partial charge in [-0.3, -0.25) is 14.4 Å². The molecule has 2 heterocycles. The highest BCUT2D eigenvalue weighted by Crippen LogP contribution is 2.21. The molecular weight excluding hydrogens is 296 g/mol. The Kier molecular flexibility index (Phi) is 5.52. The molecule has 0 aromatic carbocycles. The number of rotatable bonds is 6. The summed E-state index contributed by atoms with van der Waals surface area (Å²) in [5, 5.41) is 6.75. The van der Waals surface area contributed by atoms with Crippen LogP contribution in [-0.4, -0.2) is 41.1 Å². The monoisotopic (exact) mass is 320 g/mol. The highest BCUT2D eigenvalue weighted by Gasteiger charge is 2.24. The van der Waals surface area contributed by atoms with Gasteiger partial charge >= 0.3 is 0 Å². The molecule has 0 spiro atoms. The molecule has 7 nitrogen and oxygen atoms in total. The second kappa shape index (κ2) is 7.39. The van der Waals surface area contributed by atoms with Crippen LogP contribution < -0.4 is 15.8 Å². The molecule has 1 atom stereocenters. The standard InChI is InChI=1S/C16H24N4O3/c1-11(2)6-14(21)16(23)17-8-12-4-5-20(10-12)13-7-15(22)19(3)18-9-13/h7,9,11-12H,4-6,8,10H2,1-3H3,(H,17,23)/t12-/m1/s1. The Morgan fingerprint density at radius 2 is 2.17 bits per heavy atom. The number of aromatic nitrogens is 2. The van der Waals surface area contributed by atoms with Crippen LogP contribution in [0.15, 0.2) is 17.1 Å². The van der Waals surface area contributed by atoms with E-state index in [1.54, 1.807) is 19.3 Å². The summed E-state index contributed by atoms with van der Waals surface area (Å²) in [5.41, 5.74) is 0.663. The zero-order valence-electron chi connectivity index (χ0n) is 13.9. The second-order valence-corrected chi connectivity index (χ2v) is 6.51. The molecule has 1 aromatic heterocycles. The van der Waals surface area contributed by atoms with E-state index in [1.165, 1.54) is 4.68 Å². The van der Waals surface area contributed by atoms with Crippen LogP contribution in [0.5, 0.6) is 0 Å². The maximum atomic E-state index is 11.7. The summed E-state index contributed by atoms with van der Waals surface area (Å²) >= 11 is 0. The van der Waals surface area contributed by atoms with Crippen molar-refractivity contribution in [2.75, 3.05) is 24.5 Å². The number of carbonyl (C=O) groups is 2. The first kappa shape index (κ1) is 17.2. The quantitative estimate of drug-likeness (QED) is 0.764. The first-order chi connectivity index (χ1) is 10.9. The molecule has 7 heteroatoms. The largest absolute Gasteiger partial charge is 0.370 e. The lowest BCUT2D eigenvalue weighted by atomic mass is 10.1. The molecule has 0 saturated carbocycles. The van der Waals surface area contributed by atoms with E-state index >= 15 is 0 Å². The SMILES string of the molecule is CC(C)CC(=O)C(=O)NC[C@H]1CCN(c2cnn(C)c(=O)c2)C1. The molecule has 0 unspecified atom stereocenters. The van der Waals surface area contributed by atoms with Crippen LogP contribution in [0, 0.1) is 11.8 Å². The van der Waals surface area contributed by atoms with Crippen molar-refractivity contribution < 1.29 is 9.59 Å². The van der Waals surface area contributed by atoms with Crippen LogP contribution in [0.3, 0.4) is 0 Å². The lowest BCUT2D eigenvalue weighted by Crippen LogP contribution is -2.36. The Morgan fingerprint density at radius 1 is 1.43 bits per heavy atom. The molecule has 1 aromatic rings. The van der Waals surface area contributed by atoms with Gasteiger partial charge in [0.05, 0.1) is 11.9 Å². The van der Waals surface area contributed by atoms with Gasteiger partial charge in [-0.25, -0.2) is 4.68 Å². The topological polar surface area (TPSA) is 84.3 Å². The van der Waals surface area contributed by atoms with Crippen molar-refractivity contribution in [3.05, 3.63) is 22.6 Å². The Bertz CT molecular complexity index is 638. The number of hydrogen-bond acceptors (Lipinski definition) is 5. The number of nitrogens with one attached hydrogen (secondary N) is 1. The number of nitrogens with zero attached hydrogens (tertiary/aromatic N) is 3. The van der Waals surface area contributed by atoms with Crippen molar-refractivity contribution in [1.82, 2.24) is 15.1 Å². The van der Waals surface area contributed by atoms with Crippen molar-refractivity contribution >= 4 is 17.4 Å². The number of hydrogen-bond donors (Lipinski definition) is 1. The van der Waals surface area contributed by atoms with Gasteiger partial charge in [-0.05, 0) is 18.3 Å². The number of Topliss-reactive ketones (excluding diaryl/α,β-unsaturated/α-hetero) is 1. The van der Waals surface area contributed by atoms with Gasteiger partial charge in [0.1, 0.15) is 0 Å². The fraction of sp³-hybridized carbons (Fsp3) is 0.625. The van der Waals surface area contributed by atoms with E-state index in [9.17, 15) is 14.4 Å². The molecule has 23 heavy (non-hydrogen) atoms. The highest BCUT2D eigenvalue weighted by molar-refractivity contribution is 6.36. The number of aryl methyl sites for hydroxylation is 1. The van der Waals surface area contributed by atoms with Crippen LogP contribution in [0.25, 0.3) is 0 Å². The zero-order chi connectivity index (χ0) is 17.0. The molecule has 1 saturated heterocycles. The molecule has 1 fully saturated rings. The van der Waals surface area contributed by atoms with Crippen LogP contribution in [0.2, 0.25) is 0 Å².